The molecule has 0 aliphatic heterocycles. The lowest BCUT2D eigenvalue weighted by molar-refractivity contribution is -0.00119. The Hall–Kier alpha value is -3.48. The van der Waals surface area contributed by atoms with E-state index in [1.54, 1.807) is 36.8 Å². The summed E-state index contributed by atoms with van der Waals surface area (Å²) < 4.78 is 1.88. The van der Waals surface area contributed by atoms with Crippen molar-refractivity contribution in [3.05, 3.63) is 108 Å². The molecule has 1 amide bonds. The second-order valence-corrected chi connectivity index (χ2v) is 7.29. The maximum atomic E-state index is 12.5. The van der Waals surface area contributed by atoms with Gasteiger partial charge in [0.1, 0.15) is 0 Å². The topological polar surface area (TPSA) is 69.0 Å². The van der Waals surface area contributed by atoms with E-state index in [1.165, 1.54) is 0 Å². The number of halogens is 1. The zero-order valence-electron chi connectivity index (χ0n) is 16.9. The van der Waals surface area contributed by atoms with Gasteiger partial charge in [-0.3, -0.25) is 14.6 Å². The van der Waals surface area contributed by atoms with Crippen molar-refractivity contribution in [1.29, 1.82) is 0 Å². The van der Waals surface area contributed by atoms with Gasteiger partial charge in [-0.1, -0.05) is 36.4 Å². The van der Waals surface area contributed by atoms with Gasteiger partial charge >= 0.3 is 0 Å². The minimum Gasteiger partial charge on any atom is -0.340 e. The fourth-order valence-corrected chi connectivity index (χ4v) is 3.49. The molecule has 31 heavy (non-hydrogen) atoms. The summed E-state index contributed by atoms with van der Waals surface area (Å²) >= 11 is 6.17. The molecule has 0 fully saturated rings. The SMILES string of the molecule is Cn1cnc(-c2cc(C(ONC(=O)c3ccccc3)c3ccccn3)ccc2CCl)c1. The van der Waals surface area contributed by atoms with E-state index < -0.39 is 6.10 Å². The number of alkyl halides is 1. The van der Waals surface area contributed by atoms with Gasteiger partial charge in [-0.05, 0) is 41.5 Å². The standard InChI is InChI=1S/C24H21ClN4O2/c1-29-15-22(27-16-29)20-13-18(10-11-19(20)14-25)23(21-9-5-6-12-26-21)31-28-24(30)17-7-3-2-4-8-17/h2-13,15-16,23H,14H2,1H3,(H,28,30). The van der Waals surface area contributed by atoms with Gasteiger partial charge in [-0.15, -0.1) is 11.6 Å². The lowest BCUT2D eigenvalue weighted by Crippen LogP contribution is -2.27. The number of aromatic nitrogens is 3. The first-order valence-electron chi connectivity index (χ1n) is 9.75. The van der Waals surface area contributed by atoms with Gasteiger partial charge in [-0.25, -0.2) is 10.5 Å². The average molecular weight is 433 g/mol. The molecule has 1 N–H and O–H groups in total. The van der Waals surface area contributed by atoms with Crippen LogP contribution in [0.2, 0.25) is 0 Å². The summed E-state index contributed by atoms with van der Waals surface area (Å²) in [7, 11) is 1.92. The van der Waals surface area contributed by atoms with E-state index >= 15 is 0 Å². The molecule has 0 radical (unpaired) electrons. The molecule has 2 heterocycles. The molecule has 156 valence electrons. The largest absolute Gasteiger partial charge is 0.340 e. The number of benzene rings is 2. The fourth-order valence-electron chi connectivity index (χ4n) is 3.26. The molecule has 7 heteroatoms. The first kappa shape index (κ1) is 20.8. The van der Waals surface area contributed by atoms with Crippen molar-refractivity contribution in [2.45, 2.75) is 12.0 Å². The zero-order valence-corrected chi connectivity index (χ0v) is 17.7. The Morgan fingerprint density at radius 2 is 1.90 bits per heavy atom. The highest BCUT2D eigenvalue weighted by molar-refractivity contribution is 6.17. The van der Waals surface area contributed by atoms with Gasteiger partial charge in [-0.2, -0.15) is 0 Å². The van der Waals surface area contributed by atoms with Crippen LogP contribution in [0.25, 0.3) is 11.3 Å². The molecule has 0 bridgehead atoms. The van der Waals surface area contributed by atoms with Crippen LogP contribution in [0.4, 0.5) is 0 Å². The van der Waals surface area contributed by atoms with Crippen LogP contribution in [0, 0.1) is 0 Å². The number of rotatable bonds is 7. The maximum absolute atomic E-state index is 12.5. The van der Waals surface area contributed by atoms with Crippen molar-refractivity contribution in [3.63, 3.8) is 0 Å². The average Bonchev–Trinajstić information content (AvgIpc) is 3.26. The predicted octanol–water partition coefficient (Wildman–Crippen LogP) is 4.67. The molecule has 2 aromatic carbocycles. The number of hydroxylamine groups is 1. The lowest BCUT2D eigenvalue weighted by Gasteiger charge is -2.19. The van der Waals surface area contributed by atoms with Crippen molar-refractivity contribution >= 4 is 17.5 Å². The lowest BCUT2D eigenvalue weighted by atomic mass is 9.98. The fraction of sp³-hybridized carbons (Fsp3) is 0.125. The van der Waals surface area contributed by atoms with Crippen LogP contribution in [0.1, 0.15) is 33.3 Å². The zero-order chi connectivity index (χ0) is 21.6. The number of hydrogen-bond acceptors (Lipinski definition) is 4. The summed E-state index contributed by atoms with van der Waals surface area (Å²) in [4.78, 5) is 27.3. The van der Waals surface area contributed by atoms with Crippen molar-refractivity contribution in [2.24, 2.45) is 7.05 Å². The molecular weight excluding hydrogens is 412 g/mol. The third-order valence-electron chi connectivity index (χ3n) is 4.82. The summed E-state index contributed by atoms with van der Waals surface area (Å²) in [5.74, 6) is 0.0235. The highest BCUT2D eigenvalue weighted by Gasteiger charge is 2.21. The first-order valence-corrected chi connectivity index (χ1v) is 10.3. The summed E-state index contributed by atoms with van der Waals surface area (Å²) in [5, 5.41) is 0. The van der Waals surface area contributed by atoms with Crippen LogP contribution in [0.15, 0.2) is 85.5 Å². The van der Waals surface area contributed by atoms with Crippen LogP contribution >= 0.6 is 11.6 Å². The molecule has 0 saturated carbocycles. The second kappa shape index (κ2) is 9.55. The van der Waals surface area contributed by atoms with E-state index in [9.17, 15) is 4.79 Å². The number of nitrogens with zero attached hydrogens (tertiary/aromatic N) is 3. The Morgan fingerprint density at radius 3 is 2.58 bits per heavy atom. The third kappa shape index (κ3) is 4.82. The highest BCUT2D eigenvalue weighted by Crippen LogP contribution is 2.31. The van der Waals surface area contributed by atoms with E-state index in [0.717, 1.165) is 22.4 Å². The molecule has 4 rings (SSSR count). The number of pyridine rings is 1. The second-order valence-electron chi connectivity index (χ2n) is 7.02. The molecule has 1 atom stereocenters. The summed E-state index contributed by atoms with van der Waals surface area (Å²) in [6.45, 7) is 0. The van der Waals surface area contributed by atoms with Crippen LogP contribution in [0.3, 0.4) is 0 Å². The van der Waals surface area contributed by atoms with E-state index in [4.69, 9.17) is 16.4 Å². The van der Waals surface area contributed by atoms with Crippen LogP contribution in [-0.4, -0.2) is 20.4 Å². The van der Waals surface area contributed by atoms with Gasteiger partial charge in [0.15, 0.2) is 6.10 Å². The van der Waals surface area contributed by atoms with Crippen molar-refractivity contribution in [3.8, 4) is 11.3 Å². The van der Waals surface area contributed by atoms with Gasteiger partial charge in [0.25, 0.3) is 5.91 Å². The quantitative estimate of drug-likeness (QED) is 0.340. The molecule has 2 aromatic heterocycles. The molecule has 0 aliphatic carbocycles. The summed E-state index contributed by atoms with van der Waals surface area (Å²) in [6, 6.07) is 20.3. The van der Waals surface area contributed by atoms with Crippen LogP contribution in [-0.2, 0) is 17.8 Å². The monoisotopic (exact) mass is 432 g/mol. The molecule has 6 nitrogen and oxygen atoms in total. The number of imidazole rings is 1. The number of hydrogen-bond donors (Lipinski definition) is 1. The van der Waals surface area contributed by atoms with E-state index in [-0.39, 0.29) is 5.91 Å². The number of carbonyl (C=O) groups is 1. The minimum atomic E-state index is -0.610. The van der Waals surface area contributed by atoms with E-state index in [2.05, 4.69) is 15.4 Å². The molecule has 1 unspecified atom stereocenters. The van der Waals surface area contributed by atoms with Gasteiger partial charge in [0, 0.05) is 36.4 Å². The third-order valence-corrected chi connectivity index (χ3v) is 5.11. The molecule has 0 spiro atoms. The Labute approximate surface area is 185 Å². The predicted molar refractivity (Wildman–Crippen MR) is 119 cm³/mol. The van der Waals surface area contributed by atoms with Gasteiger partial charge < -0.3 is 4.57 Å². The maximum Gasteiger partial charge on any atom is 0.274 e. The van der Waals surface area contributed by atoms with Crippen molar-refractivity contribution < 1.29 is 9.63 Å². The van der Waals surface area contributed by atoms with Gasteiger partial charge in [0.2, 0.25) is 0 Å². The number of nitrogens with one attached hydrogen (secondary N) is 1. The minimum absolute atomic E-state index is 0.330. The number of amides is 1. The molecule has 4 aromatic rings. The van der Waals surface area contributed by atoms with Crippen molar-refractivity contribution in [2.75, 3.05) is 0 Å². The smallest absolute Gasteiger partial charge is 0.274 e. The summed E-state index contributed by atoms with van der Waals surface area (Å²) in [6.07, 6.45) is 4.76. The normalized spacial score (nSPS) is 11.8. The van der Waals surface area contributed by atoms with E-state index in [1.807, 2.05) is 60.3 Å². The molecule has 0 saturated heterocycles. The van der Waals surface area contributed by atoms with Crippen LogP contribution in [0.5, 0.6) is 0 Å². The number of aryl methyl sites for hydroxylation is 1. The van der Waals surface area contributed by atoms with Gasteiger partial charge in [0.05, 0.1) is 17.7 Å². The Balaban J connectivity index is 1.68. The first-order chi connectivity index (χ1) is 15.2. The Bertz CT molecular complexity index is 1160. The molecule has 0 aliphatic rings. The van der Waals surface area contributed by atoms with E-state index in [0.29, 0.717) is 17.1 Å². The summed E-state index contributed by atoms with van der Waals surface area (Å²) in [5.41, 5.74) is 7.24. The Kier molecular flexibility index (Phi) is 6.40. The van der Waals surface area contributed by atoms with Crippen molar-refractivity contribution in [1.82, 2.24) is 20.0 Å². The molecular formula is C24H21ClN4O2. The highest BCUT2D eigenvalue weighted by atomic mass is 35.5. The van der Waals surface area contributed by atoms with Crippen LogP contribution < -0.4 is 5.48 Å². The number of carbonyl (C=O) groups excluding carboxylic acids is 1. The Morgan fingerprint density at radius 1 is 1.10 bits per heavy atom.